The van der Waals surface area contributed by atoms with Crippen LogP contribution in [0.3, 0.4) is 0 Å². The number of aryl methyl sites for hydroxylation is 1. The fourth-order valence-corrected chi connectivity index (χ4v) is 2.28. The summed E-state index contributed by atoms with van der Waals surface area (Å²) in [6.07, 6.45) is 2.93. The van der Waals surface area contributed by atoms with Gasteiger partial charge in [0.15, 0.2) is 0 Å². The van der Waals surface area contributed by atoms with Crippen LogP contribution in [0.2, 0.25) is 0 Å². The van der Waals surface area contributed by atoms with Gasteiger partial charge in [-0.1, -0.05) is 22.4 Å². The molecule has 1 rings (SSSR count). The number of benzene rings is 1. The highest BCUT2D eigenvalue weighted by molar-refractivity contribution is 9.10. The van der Waals surface area contributed by atoms with E-state index in [1.54, 1.807) is 0 Å². The van der Waals surface area contributed by atoms with Gasteiger partial charge >= 0.3 is 12.0 Å². The maximum Gasteiger partial charge on any atom is 0.319 e. The van der Waals surface area contributed by atoms with Crippen LogP contribution in [-0.4, -0.2) is 25.7 Å². The van der Waals surface area contributed by atoms with E-state index >= 15 is 0 Å². The number of rotatable bonds is 7. The van der Waals surface area contributed by atoms with Crippen LogP contribution >= 0.6 is 15.9 Å². The maximum absolute atomic E-state index is 11.7. The van der Waals surface area contributed by atoms with Crippen LogP contribution in [-0.2, 0) is 9.53 Å². The molecular weight excluding hydrogens is 336 g/mol. The van der Waals surface area contributed by atoms with Gasteiger partial charge < -0.3 is 15.4 Å². The molecule has 0 radical (unpaired) electrons. The third-order valence-electron chi connectivity index (χ3n) is 3.01. The topological polar surface area (TPSA) is 67.4 Å². The predicted molar refractivity (Wildman–Crippen MR) is 86.4 cm³/mol. The molecule has 0 bridgehead atoms. The molecule has 0 atom stereocenters. The number of esters is 1. The second-order valence-electron chi connectivity index (χ2n) is 4.73. The Morgan fingerprint density at radius 1 is 1.24 bits per heavy atom. The first-order chi connectivity index (χ1) is 10.0. The number of carbonyl (C=O) groups is 2. The Morgan fingerprint density at radius 2 is 2.00 bits per heavy atom. The van der Waals surface area contributed by atoms with Crippen LogP contribution in [0.4, 0.5) is 10.5 Å². The van der Waals surface area contributed by atoms with Crippen molar-refractivity contribution in [1.82, 2.24) is 5.32 Å². The van der Waals surface area contributed by atoms with E-state index in [1.165, 1.54) is 7.11 Å². The summed E-state index contributed by atoms with van der Waals surface area (Å²) in [5, 5.41) is 5.61. The molecule has 1 aromatic rings. The molecule has 0 unspecified atom stereocenters. The third kappa shape index (κ3) is 7.13. The monoisotopic (exact) mass is 356 g/mol. The highest BCUT2D eigenvalue weighted by Crippen LogP contribution is 2.19. The van der Waals surface area contributed by atoms with E-state index in [0.29, 0.717) is 13.0 Å². The van der Waals surface area contributed by atoms with Crippen LogP contribution in [0.1, 0.15) is 31.2 Å². The number of amides is 2. The molecule has 0 aliphatic carbocycles. The van der Waals surface area contributed by atoms with Gasteiger partial charge in [0.2, 0.25) is 0 Å². The molecule has 5 nitrogen and oxygen atoms in total. The lowest BCUT2D eigenvalue weighted by molar-refractivity contribution is -0.140. The minimum Gasteiger partial charge on any atom is -0.469 e. The average Bonchev–Trinajstić information content (AvgIpc) is 2.45. The van der Waals surface area contributed by atoms with E-state index in [1.807, 2.05) is 25.1 Å². The summed E-state index contributed by atoms with van der Waals surface area (Å²) < 4.78 is 5.54. The molecule has 21 heavy (non-hydrogen) atoms. The molecule has 0 aromatic heterocycles. The number of methoxy groups -OCH3 is 1. The van der Waals surface area contributed by atoms with Crippen LogP contribution in [0.15, 0.2) is 22.7 Å². The highest BCUT2D eigenvalue weighted by atomic mass is 79.9. The SMILES string of the molecule is COC(=O)CCCCCNC(=O)Nc1ccc(Br)cc1C. The van der Waals surface area contributed by atoms with Crippen molar-refractivity contribution in [2.75, 3.05) is 19.0 Å². The number of urea groups is 1. The number of ether oxygens (including phenoxy) is 1. The molecule has 0 heterocycles. The lowest BCUT2D eigenvalue weighted by atomic mass is 10.2. The fourth-order valence-electron chi connectivity index (χ4n) is 1.81. The van der Waals surface area contributed by atoms with Gasteiger partial charge in [0.05, 0.1) is 7.11 Å². The van der Waals surface area contributed by atoms with E-state index in [0.717, 1.165) is 35.0 Å². The van der Waals surface area contributed by atoms with Crippen molar-refractivity contribution in [3.05, 3.63) is 28.2 Å². The largest absolute Gasteiger partial charge is 0.469 e. The van der Waals surface area contributed by atoms with Gasteiger partial charge in [-0.2, -0.15) is 0 Å². The zero-order valence-corrected chi connectivity index (χ0v) is 14.0. The zero-order chi connectivity index (χ0) is 15.7. The first-order valence-corrected chi connectivity index (χ1v) is 7.70. The fraction of sp³-hybridized carbons (Fsp3) is 0.467. The molecule has 0 fully saturated rings. The van der Waals surface area contributed by atoms with Gasteiger partial charge in [0.1, 0.15) is 0 Å². The Bertz CT molecular complexity index is 492. The molecule has 0 saturated heterocycles. The smallest absolute Gasteiger partial charge is 0.319 e. The van der Waals surface area contributed by atoms with E-state index in [-0.39, 0.29) is 12.0 Å². The number of anilines is 1. The highest BCUT2D eigenvalue weighted by Gasteiger charge is 2.04. The van der Waals surface area contributed by atoms with Crippen molar-refractivity contribution < 1.29 is 14.3 Å². The predicted octanol–water partition coefficient (Wildman–Crippen LogP) is 3.61. The van der Waals surface area contributed by atoms with Gasteiger partial charge in [-0.25, -0.2) is 4.79 Å². The van der Waals surface area contributed by atoms with E-state index in [2.05, 4.69) is 31.3 Å². The van der Waals surface area contributed by atoms with Gasteiger partial charge in [-0.3, -0.25) is 4.79 Å². The molecule has 0 aliphatic rings. The number of carbonyl (C=O) groups excluding carboxylic acids is 2. The number of hydrogen-bond donors (Lipinski definition) is 2. The summed E-state index contributed by atoms with van der Waals surface area (Å²) in [7, 11) is 1.39. The van der Waals surface area contributed by atoms with Crippen molar-refractivity contribution in [2.24, 2.45) is 0 Å². The summed E-state index contributed by atoms with van der Waals surface area (Å²) in [5.74, 6) is -0.189. The standard InChI is InChI=1S/C15H21BrN2O3/c1-11-10-12(16)7-8-13(11)18-15(20)17-9-5-3-4-6-14(19)21-2/h7-8,10H,3-6,9H2,1-2H3,(H2,17,18,20). The van der Waals surface area contributed by atoms with Gasteiger partial charge in [0.25, 0.3) is 0 Å². The third-order valence-corrected chi connectivity index (χ3v) is 3.50. The van der Waals surface area contributed by atoms with E-state index in [4.69, 9.17) is 0 Å². The minimum atomic E-state index is -0.214. The summed E-state index contributed by atoms with van der Waals surface area (Å²) >= 11 is 3.38. The number of hydrogen-bond acceptors (Lipinski definition) is 3. The van der Waals surface area contributed by atoms with Crippen LogP contribution in [0, 0.1) is 6.92 Å². The average molecular weight is 357 g/mol. The summed E-state index contributed by atoms with van der Waals surface area (Å²) in [6.45, 7) is 2.52. The molecular formula is C15H21BrN2O3. The lowest BCUT2D eigenvalue weighted by Gasteiger charge is -2.10. The number of unbranched alkanes of at least 4 members (excludes halogenated alkanes) is 2. The second kappa shape index (κ2) is 9.39. The molecule has 2 amide bonds. The first kappa shape index (κ1) is 17.5. The summed E-state index contributed by atoms with van der Waals surface area (Å²) in [5.41, 5.74) is 1.79. The molecule has 0 aliphatic heterocycles. The van der Waals surface area contributed by atoms with Crippen molar-refractivity contribution in [3.63, 3.8) is 0 Å². The Labute approximate surface area is 133 Å². The van der Waals surface area contributed by atoms with Crippen molar-refractivity contribution in [2.45, 2.75) is 32.6 Å². The Kier molecular flexibility index (Phi) is 7.82. The van der Waals surface area contributed by atoms with E-state index < -0.39 is 0 Å². The van der Waals surface area contributed by atoms with Gasteiger partial charge in [-0.05, 0) is 43.5 Å². The molecule has 1 aromatic carbocycles. The van der Waals surface area contributed by atoms with E-state index in [9.17, 15) is 9.59 Å². The molecule has 6 heteroatoms. The Balaban J connectivity index is 2.18. The Hall–Kier alpha value is -1.56. The minimum absolute atomic E-state index is 0.189. The first-order valence-electron chi connectivity index (χ1n) is 6.90. The van der Waals surface area contributed by atoms with Crippen LogP contribution in [0.25, 0.3) is 0 Å². The zero-order valence-electron chi connectivity index (χ0n) is 12.4. The van der Waals surface area contributed by atoms with Gasteiger partial charge in [0, 0.05) is 23.1 Å². The van der Waals surface area contributed by atoms with Crippen molar-refractivity contribution in [1.29, 1.82) is 0 Å². The molecule has 116 valence electrons. The lowest BCUT2D eigenvalue weighted by Crippen LogP contribution is -2.29. The number of nitrogens with one attached hydrogen (secondary N) is 2. The summed E-state index contributed by atoms with van der Waals surface area (Å²) in [4.78, 5) is 22.6. The Morgan fingerprint density at radius 3 is 2.67 bits per heavy atom. The second-order valence-corrected chi connectivity index (χ2v) is 5.64. The van der Waals surface area contributed by atoms with Crippen LogP contribution in [0.5, 0.6) is 0 Å². The van der Waals surface area contributed by atoms with Crippen LogP contribution < -0.4 is 10.6 Å². The quantitative estimate of drug-likeness (QED) is 0.579. The molecule has 0 saturated carbocycles. The van der Waals surface area contributed by atoms with Crippen molar-refractivity contribution >= 4 is 33.6 Å². The number of halogens is 1. The summed E-state index contributed by atoms with van der Waals surface area (Å²) in [6, 6.07) is 5.47. The maximum atomic E-state index is 11.7. The normalized spacial score (nSPS) is 10.0. The van der Waals surface area contributed by atoms with Crippen molar-refractivity contribution in [3.8, 4) is 0 Å². The molecule has 0 spiro atoms. The van der Waals surface area contributed by atoms with Gasteiger partial charge in [-0.15, -0.1) is 0 Å². The molecule has 2 N–H and O–H groups in total.